The van der Waals surface area contributed by atoms with Gasteiger partial charge in [0.15, 0.2) is 0 Å². The number of hydrogen-bond donors (Lipinski definition) is 0. The largest absolute Gasteiger partial charge is 0.421 e. The normalized spacial score (nSPS) is 22.0. The van der Waals surface area contributed by atoms with Crippen molar-refractivity contribution in [2.75, 3.05) is 27.2 Å². The Morgan fingerprint density at radius 1 is 1.35 bits per heavy atom. The molecule has 5 nitrogen and oxygen atoms in total. The fraction of sp³-hybridized carbons (Fsp3) is 0.600. The van der Waals surface area contributed by atoms with Crippen LogP contribution in [0.3, 0.4) is 0 Å². The maximum atomic E-state index is 12.7. The average Bonchev–Trinajstić information content (AvgIpc) is 2.82. The predicted octanol–water partition coefficient (Wildman–Crippen LogP) is 1.28. The molecule has 1 aromatic heterocycles. The molecular formula is C15H20F3N3O2. The summed E-state index contributed by atoms with van der Waals surface area (Å²) in [5, 5.41) is 0. The van der Waals surface area contributed by atoms with Crippen LogP contribution in [0.15, 0.2) is 23.1 Å². The molecule has 1 saturated heterocycles. The van der Waals surface area contributed by atoms with Crippen molar-refractivity contribution in [1.82, 2.24) is 14.4 Å². The maximum absolute atomic E-state index is 12.7. The lowest BCUT2D eigenvalue weighted by Gasteiger charge is -2.22. The van der Waals surface area contributed by atoms with Gasteiger partial charge >= 0.3 is 6.18 Å². The third-order valence-corrected chi connectivity index (χ3v) is 4.22. The summed E-state index contributed by atoms with van der Waals surface area (Å²) in [4.78, 5) is 27.8. The van der Waals surface area contributed by atoms with E-state index in [2.05, 4.69) is 0 Å². The highest BCUT2D eigenvalue weighted by Gasteiger charge is 2.36. The molecule has 0 aromatic carbocycles. The van der Waals surface area contributed by atoms with Gasteiger partial charge in [0.2, 0.25) is 5.91 Å². The molecule has 0 N–H and O–H groups in total. The number of amides is 1. The molecule has 1 amide bonds. The minimum Gasteiger partial charge on any atom is -0.339 e. The molecule has 23 heavy (non-hydrogen) atoms. The molecule has 2 unspecified atom stereocenters. The minimum absolute atomic E-state index is 0.206. The van der Waals surface area contributed by atoms with E-state index in [1.165, 1.54) is 6.20 Å². The number of pyridine rings is 1. The third-order valence-electron chi connectivity index (χ3n) is 4.22. The summed E-state index contributed by atoms with van der Waals surface area (Å²) in [6.45, 7) is 2.69. The zero-order valence-electron chi connectivity index (χ0n) is 13.3. The van der Waals surface area contributed by atoms with Gasteiger partial charge in [0.1, 0.15) is 12.1 Å². The summed E-state index contributed by atoms with van der Waals surface area (Å²) in [5.74, 6) is -0.0743. The van der Waals surface area contributed by atoms with Crippen LogP contribution in [-0.2, 0) is 17.5 Å². The number of aromatic nitrogens is 1. The van der Waals surface area contributed by atoms with Gasteiger partial charge in [-0.15, -0.1) is 0 Å². The van der Waals surface area contributed by atoms with E-state index >= 15 is 0 Å². The first-order chi connectivity index (χ1) is 10.6. The minimum atomic E-state index is -4.72. The van der Waals surface area contributed by atoms with Crippen LogP contribution in [-0.4, -0.2) is 53.5 Å². The summed E-state index contributed by atoms with van der Waals surface area (Å²) < 4.78 is 39.1. The number of halogens is 3. The van der Waals surface area contributed by atoms with Crippen LogP contribution in [0.2, 0.25) is 0 Å². The van der Waals surface area contributed by atoms with Gasteiger partial charge in [0.05, 0.1) is 0 Å². The van der Waals surface area contributed by atoms with Crippen molar-refractivity contribution in [3.63, 3.8) is 0 Å². The maximum Gasteiger partial charge on any atom is 0.421 e. The van der Waals surface area contributed by atoms with Crippen LogP contribution < -0.4 is 5.56 Å². The second kappa shape index (κ2) is 6.35. The van der Waals surface area contributed by atoms with Crippen LogP contribution in [0.5, 0.6) is 0 Å². The number of hydrogen-bond acceptors (Lipinski definition) is 3. The second-order valence-corrected chi connectivity index (χ2v) is 6.16. The summed E-state index contributed by atoms with van der Waals surface area (Å²) >= 11 is 0. The van der Waals surface area contributed by atoms with Crippen LogP contribution >= 0.6 is 0 Å². The molecular weight excluding hydrogens is 311 g/mol. The Kier molecular flexibility index (Phi) is 4.84. The van der Waals surface area contributed by atoms with Crippen LogP contribution in [0.4, 0.5) is 13.2 Å². The molecule has 2 rings (SSSR count). The van der Waals surface area contributed by atoms with Crippen LogP contribution in [0, 0.1) is 5.92 Å². The monoisotopic (exact) mass is 331 g/mol. The number of nitrogens with zero attached hydrogens (tertiary/aromatic N) is 3. The van der Waals surface area contributed by atoms with E-state index in [4.69, 9.17) is 0 Å². The lowest BCUT2D eigenvalue weighted by molar-refractivity contribution is -0.139. The molecule has 8 heteroatoms. The van der Waals surface area contributed by atoms with Gasteiger partial charge in [0.25, 0.3) is 5.56 Å². The number of rotatable bonds is 3. The average molecular weight is 331 g/mol. The molecule has 2 heterocycles. The molecule has 0 saturated carbocycles. The van der Waals surface area contributed by atoms with Crippen molar-refractivity contribution in [2.45, 2.75) is 25.7 Å². The quantitative estimate of drug-likeness (QED) is 0.838. The Hall–Kier alpha value is -1.83. The lowest BCUT2D eigenvalue weighted by atomic mass is 10.1. The molecule has 1 fully saturated rings. The molecule has 1 aliphatic heterocycles. The Balaban J connectivity index is 2.15. The molecule has 0 radical (unpaired) electrons. The molecule has 0 spiro atoms. The van der Waals surface area contributed by atoms with Gasteiger partial charge in [-0.3, -0.25) is 9.59 Å². The summed E-state index contributed by atoms with van der Waals surface area (Å²) in [5.41, 5.74) is -2.45. The summed E-state index contributed by atoms with van der Waals surface area (Å²) in [6.07, 6.45) is -3.51. The van der Waals surface area contributed by atoms with Gasteiger partial charge in [-0.2, -0.15) is 13.2 Å². The SMILES string of the molecule is CC1CN(C(=O)Cn2cccc(C(F)(F)F)c2=O)CC1N(C)C. The number of likely N-dealkylation sites (tertiary alicyclic amines) is 1. The highest BCUT2D eigenvalue weighted by Crippen LogP contribution is 2.26. The van der Waals surface area contributed by atoms with Crippen molar-refractivity contribution in [3.8, 4) is 0 Å². The van der Waals surface area contributed by atoms with Crippen LogP contribution in [0.25, 0.3) is 0 Å². The Labute approximate surface area is 132 Å². The fourth-order valence-electron chi connectivity index (χ4n) is 2.95. The fourth-order valence-corrected chi connectivity index (χ4v) is 2.95. The molecule has 1 aliphatic rings. The van der Waals surface area contributed by atoms with Gasteiger partial charge in [-0.1, -0.05) is 6.92 Å². The topological polar surface area (TPSA) is 45.6 Å². The Morgan fingerprint density at radius 3 is 2.52 bits per heavy atom. The standard InChI is InChI=1S/C15H20F3N3O2/c1-10-7-21(8-12(10)19(2)3)13(22)9-20-6-4-5-11(14(20)23)15(16,17)18/h4-6,10,12H,7-9H2,1-3H3. The third kappa shape index (κ3) is 3.74. The smallest absolute Gasteiger partial charge is 0.339 e. The number of alkyl halides is 3. The highest BCUT2D eigenvalue weighted by atomic mass is 19.4. The molecule has 0 aliphatic carbocycles. The summed E-state index contributed by atoms with van der Waals surface area (Å²) in [7, 11) is 3.85. The predicted molar refractivity (Wildman–Crippen MR) is 78.9 cm³/mol. The van der Waals surface area contributed by atoms with E-state index in [-0.39, 0.29) is 24.4 Å². The van der Waals surface area contributed by atoms with Crippen molar-refractivity contribution in [2.24, 2.45) is 5.92 Å². The molecule has 1 aromatic rings. The van der Waals surface area contributed by atoms with Crippen molar-refractivity contribution >= 4 is 5.91 Å². The van der Waals surface area contributed by atoms with E-state index in [1.807, 2.05) is 25.9 Å². The first-order valence-electron chi connectivity index (χ1n) is 7.32. The van der Waals surface area contributed by atoms with Gasteiger partial charge < -0.3 is 14.4 Å². The number of likely N-dealkylation sites (N-methyl/N-ethyl adjacent to an activating group) is 1. The number of carbonyl (C=O) groups excluding carboxylic acids is 1. The van der Waals surface area contributed by atoms with E-state index < -0.39 is 17.3 Å². The zero-order valence-corrected chi connectivity index (χ0v) is 13.3. The van der Waals surface area contributed by atoms with Crippen molar-refractivity contribution in [3.05, 3.63) is 34.2 Å². The lowest BCUT2D eigenvalue weighted by Crippen LogP contribution is -2.38. The van der Waals surface area contributed by atoms with Gasteiger partial charge in [0, 0.05) is 25.3 Å². The van der Waals surface area contributed by atoms with E-state index in [1.54, 1.807) is 4.90 Å². The zero-order chi connectivity index (χ0) is 17.4. The second-order valence-electron chi connectivity index (χ2n) is 6.16. The first-order valence-corrected chi connectivity index (χ1v) is 7.32. The van der Waals surface area contributed by atoms with E-state index in [0.717, 1.165) is 16.7 Å². The number of carbonyl (C=O) groups is 1. The Morgan fingerprint density at radius 2 is 2.00 bits per heavy atom. The van der Waals surface area contributed by atoms with Crippen molar-refractivity contribution < 1.29 is 18.0 Å². The van der Waals surface area contributed by atoms with Crippen molar-refractivity contribution in [1.29, 1.82) is 0 Å². The van der Waals surface area contributed by atoms with E-state index in [9.17, 15) is 22.8 Å². The first kappa shape index (κ1) is 17.5. The van der Waals surface area contributed by atoms with Gasteiger partial charge in [-0.05, 0) is 32.1 Å². The molecule has 128 valence electrons. The van der Waals surface area contributed by atoms with Gasteiger partial charge in [-0.25, -0.2) is 0 Å². The molecule has 2 atom stereocenters. The Bertz CT molecular complexity index is 640. The molecule has 0 bridgehead atoms. The van der Waals surface area contributed by atoms with Crippen LogP contribution in [0.1, 0.15) is 12.5 Å². The summed E-state index contributed by atoms with van der Waals surface area (Å²) in [6, 6.07) is 2.06. The highest BCUT2D eigenvalue weighted by molar-refractivity contribution is 5.76. The van der Waals surface area contributed by atoms with E-state index in [0.29, 0.717) is 13.1 Å².